The highest BCUT2D eigenvalue weighted by atomic mass is 32.2. The molecule has 0 spiro atoms. The Morgan fingerprint density at radius 3 is 2.29 bits per heavy atom. The van der Waals surface area contributed by atoms with Crippen LogP contribution in [0.25, 0.3) is 11.0 Å². The number of carbonyl (C=O) groups is 1. The number of rotatable bonds is 6. The summed E-state index contributed by atoms with van der Waals surface area (Å²) in [7, 11) is -4.15. The number of aromatic amines is 2. The molecule has 24 heavy (non-hydrogen) atoms. The Hall–Kier alpha value is -2.46. The first-order valence-corrected chi connectivity index (χ1v) is 8.58. The minimum atomic E-state index is -4.15. The van der Waals surface area contributed by atoms with Crippen molar-refractivity contribution < 1.29 is 18.3 Å². The fourth-order valence-electron chi connectivity index (χ4n) is 2.18. The number of sulfonamides is 1. The number of hydrogen-bond acceptors (Lipinski definition) is 6. The van der Waals surface area contributed by atoms with Crippen LogP contribution in [0.4, 0.5) is 0 Å². The summed E-state index contributed by atoms with van der Waals surface area (Å²) in [5, 5.41) is 11.1. The van der Waals surface area contributed by atoms with Gasteiger partial charge in [-0.15, -0.1) is 0 Å². The Morgan fingerprint density at radius 1 is 1.17 bits per heavy atom. The second kappa shape index (κ2) is 6.57. The number of carboxylic acids is 1. The molecule has 0 saturated carbocycles. The number of aromatic nitrogens is 2. The van der Waals surface area contributed by atoms with Crippen LogP contribution in [0, 0.1) is 5.92 Å². The number of hydrogen-bond donors (Lipinski definition) is 3. The van der Waals surface area contributed by atoms with E-state index in [-0.39, 0.29) is 28.3 Å². The molecule has 1 atom stereocenters. The van der Waals surface area contributed by atoms with E-state index in [0.29, 0.717) is 0 Å². The Morgan fingerprint density at radius 2 is 1.75 bits per heavy atom. The van der Waals surface area contributed by atoms with Crippen molar-refractivity contribution in [3.8, 4) is 0 Å². The maximum Gasteiger partial charge on any atom is 0.314 e. The third kappa shape index (κ3) is 3.89. The molecule has 9 nitrogen and oxygen atoms in total. The van der Waals surface area contributed by atoms with Gasteiger partial charge in [-0.05, 0) is 30.5 Å². The number of nitrogens with one attached hydrogen (secondary N) is 3. The highest BCUT2D eigenvalue weighted by Crippen LogP contribution is 2.16. The molecule has 10 heteroatoms. The van der Waals surface area contributed by atoms with Crippen molar-refractivity contribution in [3.05, 3.63) is 38.9 Å². The van der Waals surface area contributed by atoms with Gasteiger partial charge in [-0.3, -0.25) is 9.59 Å². The molecule has 0 unspecified atom stereocenters. The van der Waals surface area contributed by atoms with Gasteiger partial charge in [0.2, 0.25) is 10.0 Å². The Kier molecular flexibility index (Phi) is 4.90. The van der Waals surface area contributed by atoms with Gasteiger partial charge in [0.1, 0.15) is 0 Å². The van der Waals surface area contributed by atoms with Gasteiger partial charge in [-0.1, -0.05) is 13.8 Å². The lowest BCUT2D eigenvalue weighted by Gasteiger charge is -2.21. The average Bonchev–Trinajstić information content (AvgIpc) is 2.46. The summed E-state index contributed by atoms with van der Waals surface area (Å²) in [5.74, 6) is -1.58. The molecule has 0 saturated heterocycles. The lowest BCUT2D eigenvalue weighted by molar-refractivity contribution is -0.308. The summed E-state index contributed by atoms with van der Waals surface area (Å²) in [6, 6.07) is 2.26. The van der Waals surface area contributed by atoms with Gasteiger partial charge in [0, 0.05) is 0 Å². The smallest absolute Gasteiger partial charge is 0.314 e. The van der Waals surface area contributed by atoms with Gasteiger partial charge < -0.3 is 19.9 Å². The third-order valence-corrected chi connectivity index (χ3v) is 4.76. The Balaban J connectivity index is 2.43. The van der Waals surface area contributed by atoms with Gasteiger partial charge in [-0.25, -0.2) is 13.1 Å². The van der Waals surface area contributed by atoms with E-state index >= 15 is 0 Å². The fraction of sp³-hybridized carbons (Fsp3) is 0.357. The minimum absolute atomic E-state index is 0.0615. The van der Waals surface area contributed by atoms with E-state index in [9.17, 15) is 27.9 Å². The van der Waals surface area contributed by atoms with Crippen LogP contribution in [0.15, 0.2) is 32.7 Å². The van der Waals surface area contributed by atoms with Crippen molar-refractivity contribution in [2.45, 2.75) is 31.2 Å². The van der Waals surface area contributed by atoms with Gasteiger partial charge in [-0.2, -0.15) is 0 Å². The van der Waals surface area contributed by atoms with Gasteiger partial charge in [0.15, 0.2) is 0 Å². The first-order chi connectivity index (χ1) is 11.1. The molecule has 0 bridgehead atoms. The number of aliphatic carboxylic acids is 1. The van der Waals surface area contributed by atoms with Crippen LogP contribution in [0.1, 0.15) is 20.3 Å². The Labute approximate surface area is 136 Å². The highest BCUT2D eigenvalue weighted by molar-refractivity contribution is 7.89. The molecule has 0 aliphatic carbocycles. The quantitative estimate of drug-likeness (QED) is 0.546. The van der Waals surface area contributed by atoms with Crippen LogP contribution in [-0.4, -0.2) is 30.4 Å². The SMILES string of the molecule is CC(C)C[C@H](NS(=O)(=O)c1ccc2[nH]c(=O)c(=O)[nH]c2c1)C(=O)[O-]. The minimum Gasteiger partial charge on any atom is -0.548 e. The summed E-state index contributed by atoms with van der Waals surface area (Å²) < 4.78 is 26.8. The van der Waals surface area contributed by atoms with Crippen LogP contribution in [0.2, 0.25) is 0 Å². The first-order valence-electron chi connectivity index (χ1n) is 7.09. The van der Waals surface area contributed by atoms with Gasteiger partial charge in [0.25, 0.3) is 0 Å². The molecule has 3 N–H and O–H groups in total. The monoisotopic (exact) mass is 354 g/mol. The molecule has 0 amide bonds. The van der Waals surface area contributed by atoms with Crippen LogP contribution in [-0.2, 0) is 14.8 Å². The molecule has 2 aromatic rings. The first kappa shape index (κ1) is 17.9. The average molecular weight is 354 g/mol. The molecule has 130 valence electrons. The zero-order valence-corrected chi connectivity index (χ0v) is 13.8. The molecule has 0 fully saturated rings. The molecule has 0 radical (unpaired) electrons. The standard InChI is InChI=1S/C14H17N3O6S/c1-7(2)5-11(14(20)21)17-24(22,23)8-3-4-9-10(6-8)16-13(19)12(18)15-9/h3-4,6-7,11,17H,5H2,1-2H3,(H,15,18)(H,16,19)(H,20,21)/p-1/t11-/m0/s1. The molecule has 0 aliphatic rings. The molecule has 1 aromatic heterocycles. The summed E-state index contributed by atoms with van der Waals surface area (Å²) >= 11 is 0. The van der Waals surface area contributed by atoms with Crippen molar-refractivity contribution in [2.24, 2.45) is 5.92 Å². The summed E-state index contributed by atoms with van der Waals surface area (Å²) in [6.45, 7) is 3.50. The van der Waals surface area contributed by atoms with Crippen LogP contribution >= 0.6 is 0 Å². The predicted octanol–water partition coefficient (Wildman–Crippen LogP) is -1.34. The topological polar surface area (TPSA) is 152 Å². The van der Waals surface area contributed by atoms with Crippen molar-refractivity contribution in [1.29, 1.82) is 0 Å². The Bertz CT molecular complexity index is 989. The van der Waals surface area contributed by atoms with E-state index in [1.807, 2.05) is 0 Å². The van der Waals surface area contributed by atoms with Crippen LogP contribution in [0.3, 0.4) is 0 Å². The molecule has 0 aliphatic heterocycles. The summed E-state index contributed by atoms with van der Waals surface area (Å²) in [4.78, 5) is 38.0. The van der Waals surface area contributed by atoms with E-state index in [2.05, 4.69) is 14.7 Å². The summed E-state index contributed by atoms with van der Waals surface area (Å²) in [6.07, 6.45) is 0.0687. The maximum atomic E-state index is 12.4. The molecule has 1 heterocycles. The van der Waals surface area contributed by atoms with Crippen molar-refractivity contribution in [3.63, 3.8) is 0 Å². The zero-order chi connectivity index (χ0) is 18.1. The third-order valence-electron chi connectivity index (χ3n) is 3.29. The van der Waals surface area contributed by atoms with E-state index in [0.717, 1.165) is 6.07 Å². The second-order valence-electron chi connectivity index (χ2n) is 5.74. The van der Waals surface area contributed by atoms with Gasteiger partial charge >= 0.3 is 11.1 Å². The number of carboxylic acid groups (broad SMARTS) is 1. The lowest BCUT2D eigenvalue weighted by atomic mass is 10.1. The molecule has 1 aromatic carbocycles. The maximum absolute atomic E-state index is 12.4. The number of carbonyl (C=O) groups excluding carboxylic acids is 1. The fourth-order valence-corrected chi connectivity index (χ4v) is 3.40. The van der Waals surface area contributed by atoms with E-state index in [1.54, 1.807) is 13.8 Å². The molecular weight excluding hydrogens is 338 g/mol. The van der Waals surface area contributed by atoms with Crippen molar-refractivity contribution >= 4 is 27.0 Å². The second-order valence-corrected chi connectivity index (χ2v) is 7.45. The predicted molar refractivity (Wildman–Crippen MR) is 83.8 cm³/mol. The van der Waals surface area contributed by atoms with Crippen LogP contribution in [0.5, 0.6) is 0 Å². The molecule has 2 rings (SSSR count). The normalized spacial score (nSPS) is 13.3. The van der Waals surface area contributed by atoms with E-state index in [1.165, 1.54) is 12.1 Å². The number of fused-ring (bicyclic) bond motifs is 1. The summed E-state index contributed by atoms with van der Waals surface area (Å²) in [5.41, 5.74) is -1.42. The van der Waals surface area contributed by atoms with Crippen molar-refractivity contribution in [1.82, 2.24) is 14.7 Å². The van der Waals surface area contributed by atoms with E-state index < -0.39 is 33.2 Å². The van der Waals surface area contributed by atoms with Gasteiger partial charge in [0.05, 0.1) is 27.9 Å². The van der Waals surface area contributed by atoms with Crippen molar-refractivity contribution in [2.75, 3.05) is 0 Å². The van der Waals surface area contributed by atoms with E-state index in [4.69, 9.17) is 0 Å². The van der Waals surface area contributed by atoms with Crippen LogP contribution < -0.4 is 20.9 Å². The highest BCUT2D eigenvalue weighted by Gasteiger charge is 2.22. The molecular formula is C14H16N3O6S-. The largest absolute Gasteiger partial charge is 0.548 e. The number of benzene rings is 1. The number of H-pyrrole nitrogens is 2. The zero-order valence-electron chi connectivity index (χ0n) is 13.0. The lowest BCUT2D eigenvalue weighted by Crippen LogP contribution is -2.48.